The Bertz CT molecular complexity index is 980. The summed E-state index contributed by atoms with van der Waals surface area (Å²) >= 11 is 1.37. The first kappa shape index (κ1) is 19.7. The Morgan fingerprint density at radius 1 is 1.36 bits per heavy atom. The molecule has 1 atom stereocenters. The molecule has 1 aromatic heterocycles. The monoisotopic (exact) mass is 402 g/mol. The number of ether oxygens (including phenoxy) is 1. The highest BCUT2D eigenvalue weighted by molar-refractivity contribution is 7.10. The Kier molecular flexibility index (Phi) is 5.57. The number of nitrogens with zero attached hydrogens (tertiary/aromatic N) is 2. The maximum atomic E-state index is 12.8. The molecule has 8 nitrogen and oxygen atoms in total. The van der Waals surface area contributed by atoms with E-state index in [1.165, 1.54) is 47.6 Å². The number of carbonyl (C=O) groups excluding carboxylic acids is 2. The van der Waals surface area contributed by atoms with Gasteiger partial charge in [-0.15, -0.1) is 11.3 Å². The first-order valence-corrected chi connectivity index (χ1v) is 9.31. The van der Waals surface area contributed by atoms with Gasteiger partial charge in [-0.3, -0.25) is 19.7 Å². The lowest BCUT2D eigenvalue weighted by Crippen LogP contribution is -2.32. The van der Waals surface area contributed by atoms with Crippen LogP contribution in [0.4, 0.5) is 5.69 Å². The minimum absolute atomic E-state index is 0.0767. The number of likely N-dealkylation sites (tertiary alicyclic amines) is 1. The van der Waals surface area contributed by atoms with Crippen molar-refractivity contribution in [2.45, 2.75) is 13.0 Å². The topological polar surface area (TPSA) is 110 Å². The van der Waals surface area contributed by atoms with Gasteiger partial charge in [0.1, 0.15) is 5.76 Å². The fraction of sp³-hybridized carbons (Fsp3) is 0.263. The van der Waals surface area contributed by atoms with Gasteiger partial charge in [-0.05, 0) is 23.9 Å². The van der Waals surface area contributed by atoms with Crippen LogP contribution in [-0.4, -0.2) is 46.9 Å². The van der Waals surface area contributed by atoms with Crippen molar-refractivity contribution in [2.75, 3.05) is 20.3 Å². The zero-order valence-corrected chi connectivity index (χ0v) is 16.1. The molecule has 2 heterocycles. The number of ketones is 1. The van der Waals surface area contributed by atoms with Crippen LogP contribution in [0.15, 0.2) is 41.3 Å². The summed E-state index contributed by atoms with van der Waals surface area (Å²) < 4.78 is 5.05. The number of benzene rings is 1. The molecule has 28 heavy (non-hydrogen) atoms. The number of hydrogen-bond donors (Lipinski definition) is 1. The summed E-state index contributed by atoms with van der Waals surface area (Å²) in [6.45, 7) is 2.26. The van der Waals surface area contributed by atoms with E-state index in [4.69, 9.17) is 4.74 Å². The third kappa shape index (κ3) is 3.41. The van der Waals surface area contributed by atoms with Crippen LogP contribution in [0.3, 0.4) is 0 Å². The number of amides is 1. The number of Topliss-reactive ketones (excluding diaryl/α,β-unsaturated/α-hetero) is 1. The lowest BCUT2D eigenvalue weighted by molar-refractivity contribution is -0.384. The number of rotatable bonds is 6. The van der Waals surface area contributed by atoms with E-state index in [9.17, 15) is 24.8 Å². The van der Waals surface area contributed by atoms with E-state index in [1.54, 1.807) is 0 Å². The van der Waals surface area contributed by atoms with Crippen molar-refractivity contribution in [3.8, 4) is 0 Å². The number of methoxy groups -OCH3 is 1. The fourth-order valence-corrected chi connectivity index (χ4v) is 4.21. The molecule has 1 aliphatic heterocycles. The largest absolute Gasteiger partial charge is 0.507 e. The average Bonchev–Trinajstić information content (AvgIpc) is 3.21. The van der Waals surface area contributed by atoms with Gasteiger partial charge in [0.2, 0.25) is 0 Å². The molecule has 1 unspecified atom stereocenters. The maximum absolute atomic E-state index is 12.8. The molecule has 1 aromatic carbocycles. The number of hydrogen-bond acceptors (Lipinski definition) is 7. The van der Waals surface area contributed by atoms with Gasteiger partial charge in [-0.2, -0.15) is 0 Å². The molecule has 2 aromatic rings. The normalized spacial score (nSPS) is 18.6. The summed E-state index contributed by atoms with van der Waals surface area (Å²) in [4.78, 5) is 37.9. The van der Waals surface area contributed by atoms with Crippen LogP contribution in [0, 0.1) is 17.0 Å². The zero-order chi connectivity index (χ0) is 20.4. The number of carbonyl (C=O) groups is 2. The predicted molar refractivity (Wildman–Crippen MR) is 103 cm³/mol. The number of aryl methyl sites for hydroxylation is 1. The Morgan fingerprint density at radius 2 is 2.11 bits per heavy atom. The summed E-state index contributed by atoms with van der Waals surface area (Å²) in [7, 11) is 1.49. The van der Waals surface area contributed by atoms with Gasteiger partial charge in [0.05, 0.1) is 23.1 Å². The molecule has 146 valence electrons. The molecule has 1 N–H and O–H groups in total. The fourth-order valence-electron chi connectivity index (χ4n) is 3.16. The van der Waals surface area contributed by atoms with Crippen LogP contribution < -0.4 is 0 Å². The summed E-state index contributed by atoms with van der Waals surface area (Å²) in [6.07, 6.45) is 0. The highest BCUT2D eigenvalue weighted by Crippen LogP contribution is 2.42. The SMILES string of the molecule is COCCN1C(=O)C(=O)/C(=C(\O)c2cccc([N+](=O)[O-])c2)C1c1sccc1C. The van der Waals surface area contributed by atoms with Crippen molar-refractivity contribution in [1.29, 1.82) is 0 Å². The number of aliphatic hydroxyl groups is 1. The third-order valence-electron chi connectivity index (χ3n) is 4.56. The van der Waals surface area contributed by atoms with Crippen molar-refractivity contribution in [2.24, 2.45) is 0 Å². The number of thiophene rings is 1. The first-order chi connectivity index (χ1) is 13.4. The van der Waals surface area contributed by atoms with Crippen molar-refractivity contribution in [3.63, 3.8) is 0 Å². The molecule has 0 radical (unpaired) electrons. The molecule has 0 bridgehead atoms. The minimum atomic E-state index is -0.821. The van der Waals surface area contributed by atoms with E-state index >= 15 is 0 Å². The van der Waals surface area contributed by atoms with Crippen LogP contribution in [0.2, 0.25) is 0 Å². The van der Waals surface area contributed by atoms with Crippen molar-refractivity contribution < 1.29 is 24.4 Å². The number of nitro benzene ring substituents is 1. The lowest BCUT2D eigenvalue weighted by Gasteiger charge is -2.24. The molecular weight excluding hydrogens is 384 g/mol. The molecule has 1 saturated heterocycles. The van der Waals surface area contributed by atoms with Crippen LogP contribution in [0.25, 0.3) is 5.76 Å². The quantitative estimate of drug-likeness (QED) is 0.261. The molecule has 3 rings (SSSR count). The van der Waals surface area contributed by atoms with E-state index in [0.29, 0.717) is 0 Å². The number of nitro groups is 1. The standard InChI is InChI=1S/C19H18N2O6S/c1-11-6-9-28-18(11)15-14(17(23)19(24)20(15)7-8-27-2)16(22)12-4-3-5-13(10-12)21(25)26/h3-6,9-10,15,22H,7-8H2,1-2H3/b16-14-. The van der Waals surface area contributed by atoms with Crippen molar-refractivity contribution in [1.82, 2.24) is 4.90 Å². The summed E-state index contributed by atoms with van der Waals surface area (Å²) in [5.74, 6) is -1.99. The van der Waals surface area contributed by atoms with E-state index < -0.39 is 28.4 Å². The van der Waals surface area contributed by atoms with E-state index in [0.717, 1.165) is 10.4 Å². The van der Waals surface area contributed by atoms with E-state index in [2.05, 4.69) is 0 Å². The van der Waals surface area contributed by atoms with Crippen LogP contribution in [0.5, 0.6) is 0 Å². The lowest BCUT2D eigenvalue weighted by atomic mass is 9.98. The number of aliphatic hydroxyl groups excluding tert-OH is 1. The Balaban J connectivity index is 2.18. The molecule has 0 aliphatic carbocycles. The van der Waals surface area contributed by atoms with Gasteiger partial charge >= 0.3 is 0 Å². The molecule has 0 saturated carbocycles. The Morgan fingerprint density at radius 3 is 2.71 bits per heavy atom. The molecule has 1 aliphatic rings. The van der Waals surface area contributed by atoms with Gasteiger partial charge < -0.3 is 14.7 Å². The highest BCUT2D eigenvalue weighted by Gasteiger charge is 2.46. The molecular formula is C19H18N2O6S. The second kappa shape index (κ2) is 7.91. The van der Waals surface area contributed by atoms with Crippen LogP contribution in [0.1, 0.15) is 22.0 Å². The Hall–Kier alpha value is -3.04. The van der Waals surface area contributed by atoms with Crippen LogP contribution in [-0.2, 0) is 14.3 Å². The number of non-ortho nitro benzene ring substituents is 1. The first-order valence-electron chi connectivity index (χ1n) is 8.43. The summed E-state index contributed by atoms with van der Waals surface area (Å²) in [6, 6.07) is 6.44. The highest BCUT2D eigenvalue weighted by atomic mass is 32.1. The van der Waals surface area contributed by atoms with E-state index in [-0.39, 0.29) is 30.0 Å². The Labute approximate surface area is 164 Å². The van der Waals surface area contributed by atoms with Gasteiger partial charge in [-0.1, -0.05) is 12.1 Å². The van der Waals surface area contributed by atoms with Crippen molar-refractivity contribution >= 4 is 34.5 Å². The molecule has 9 heteroatoms. The second-order valence-electron chi connectivity index (χ2n) is 6.26. The molecule has 1 amide bonds. The average molecular weight is 402 g/mol. The maximum Gasteiger partial charge on any atom is 0.295 e. The smallest absolute Gasteiger partial charge is 0.295 e. The van der Waals surface area contributed by atoms with Crippen LogP contribution >= 0.6 is 11.3 Å². The predicted octanol–water partition coefficient (Wildman–Crippen LogP) is 3.03. The molecule has 0 spiro atoms. The van der Waals surface area contributed by atoms with Crippen molar-refractivity contribution in [3.05, 3.63) is 67.4 Å². The summed E-state index contributed by atoms with van der Waals surface area (Å²) in [5, 5.41) is 23.7. The second-order valence-corrected chi connectivity index (χ2v) is 7.21. The minimum Gasteiger partial charge on any atom is -0.507 e. The van der Waals surface area contributed by atoms with Gasteiger partial charge in [-0.25, -0.2) is 0 Å². The third-order valence-corrected chi connectivity index (χ3v) is 5.63. The summed E-state index contributed by atoms with van der Waals surface area (Å²) in [5.41, 5.74) is 0.691. The zero-order valence-electron chi connectivity index (χ0n) is 15.2. The van der Waals surface area contributed by atoms with Gasteiger partial charge in [0, 0.05) is 36.2 Å². The van der Waals surface area contributed by atoms with E-state index in [1.807, 2.05) is 18.4 Å². The molecule has 1 fully saturated rings. The van der Waals surface area contributed by atoms with Gasteiger partial charge in [0.15, 0.2) is 0 Å². The van der Waals surface area contributed by atoms with Gasteiger partial charge in [0.25, 0.3) is 17.4 Å².